The molecule has 0 saturated carbocycles. The van der Waals surface area contributed by atoms with Crippen molar-refractivity contribution in [2.75, 3.05) is 0 Å². The van der Waals surface area contributed by atoms with Crippen LogP contribution < -0.4 is 0 Å². The summed E-state index contributed by atoms with van der Waals surface area (Å²) in [6.07, 6.45) is 3.11. The molecule has 0 fully saturated rings. The zero-order valence-electron chi connectivity index (χ0n) is 11.7. The maximum Gasteiger partial charge on any atom is 0.226 e. The fourth-order valence-corrected chi connectivity index (χ4v) is 4.17. The van der Waals surface area contributed by atoms with E-state index in [0.717, 1.165) is 11.1 Å². The van der Waals surface area contributed by atoms with Crippen molar-refractivity contribution in [2.24, 2.45) is 0 Å². The minimum atomic E-state index is -0.402. The van der Waals surface area contributed by atoms with Crippen molar-refractivity contribution in [1.29, 1.82) is 0 Å². The lowest BCUT2D eigenvalue weighted by Crippen LogP contribution is -2.32. The normalized spacial score (nSPS) is 24.2. The fourth-order valence-electron chi connectivity index (χ4n) is 4.17. The van der Waals surface area contributed by atoms with Crippen LogP contribution in [0.1, 0.15) is 34.1 Å². The van der Waals surface area contributed by atoms with Crippen LogP contribution in [0.3, 0.4) is 0 Å². The van der Waals surface area contributed by atoms with E-state index in [1.807, 2.05) is 24.3 Å². The van der Waals surface area contributed by atoms with E-state index >= 15 is 0 Å². The summed E-state index contributed by atoms with van der Waals surface area (Å²) >= 11 is 0. The van der Waals surface area contributed by atoms with Crippen molar-refractivity contribution in [3.8, 4) is 0 Å². The van der Waals surface area contributed by atoms with Crippen LogP contribution in [0, 0.1) is 0 Å². The number of carbonyl (C=O) groups excluding carboxylic acids is 2. The Morgan fingerprint density at radius 2 is 0.864 bits per heavy atom. The highest BCUT2D eigenvalue weighted by molar-refractivity contribution is 6.47. The minimum absolute atomic E-state index is 0.0701. The average molecular weight is 284 g/mol. The van der Waals surface area contributed by atoms with Crippen LogP contribution >= 0.6 is 0 Å². The van der Waals surface area contributed by atoms with Crippen molar-refractivity contribution in [2.45, 2.75) is 11.8 Å². The van der Waals surface area contributed by atoms with E-state index in [4.69, 9.17) is 0 Å². The van der Waals surface area contributed by atoms with E-state index in [0.29, 0.717) is 0 Å². The second kappa shape index (κ2) is 3.92. The van der Waals surface area contributed by atoms with Gasteiger partial charge in [0.1, 0.15) is 0 Å². The van der Waals surface area contributed by atoms with Crippen LogP contribution in [0.2, 0.25) is 0 Å². The number of hydrogen-bond acceptors (Lipinski definition) is 2. The van der Waals surface area contributed by atoms with Gasteiger partial charge in [-0.3, -0.25) is 9.59 Å². The summed E-state index contributed by atoms with van der Waals surface area (Å²) in [4.78, 5) is 23.8. The number of carbonyl (C=O) groups is 2. The maximum absolute atomic E-state index is 11.9. The van der Waals surface area contributed by atoms with Crippen LogP contribution in [0.25, 0.3) is 0 Å². The molecule has 0 atom stereocenters. The van der Waals surface area contributed by atoms with Gasteiger partial charge in [-0.25, -0.2) is 0 Å². The second-order valence-electron chi connectivity index (χ2n) is 6.05. The maximum atomic E-state index is 11.9. The van der Waals surface area contributed by atoms with Crippen LogP contribution in [-0.4, -0.2) is 11.6 Å². The molecule has 2 nitrogen and oxygen atoms in total. The van der Waals surface area contributed by atoms with Crippen LogP contribution in [0.4, 0.5) is 0 Å². The van der Waals surface area contributed by atoms with E-state index in [9.17, 15) is 9.59 Å². The van der Waals surface area contributed by atoms with Crippen molar-refractivity contribution in [3.63, 3.8) is 0 Å². The predicted octanol–water partition coefficient (Wildman–Crippen LogP) is 3.28. The summed E-state index contributed by atoms with van der Waals surface area (Å²) in [5.41, 5.74) is 7.06. The van der Waals surface area contributed by atoms with Crippen molar-refractivity contribution >= 4 is 11.6 Å². The zero-order valence-corrected chi connectivity index (χ0v) is 11.7. The van der Waals surface area contributed by atoms with Gasteiger partial charge >= 0.3 is 0 Å². The quantitative estimate of drug-likeness (QED) is 0.549. The Bertz CT molecular complexity index is 807. The van der Waals surface area contributed by atoms with Gasteiger partial charge in [0.2, 0.25) is 11.6 Å². The number of rotatable bonds is 0. The molecule has 0 saturated heterocycles. The molecule has 22 heavy (non-hydrogen) atoms. The van der Waals surface area contributed by atoms with E-state index in [2.05, 4.69) is 24.3 Å². The van der Waals surface area contributed by atoms with Crippen molar-refractivity contribution in [3.05, 3.63) is 94.1 Å². The predicted molar refractivity (Wildman–Crippen MR) is 82.8 cm³/mol. The highest BCUT2D eigenvalue weighted by atomic mass is 16.2. The first kappa shape index (κ1) is 11.9. The Labute approximate surface area is 127 Å². The Morgan fingerprint density at radius 1 is 0.545 bits per heavy atom. The first-order valence-corrected chi connectivity index (χ1v) is 7.45. The topological polar surface area (TPSA) is 34.1 Å². The SMILES string of the molecule is O=C1C=C2C(=CC1=O)C1c3ccccc3C2c2ccccc21. The van der Waals surface area contributed by atoms with E-state index in [1.165, 1.54) is 22.3 Å². The van der Waals surface area contributed by atoms with Gasteiger partial charge in [0.05, 0.1) is 0 Å². The summed E-state index contributed by atoms with van der Waals surface area (Å²) in [5, 5.41) is 0. The average Bonchev–Trinajstić information content (AvgIpc) is 2.55. The molecule has 0 unspecified atom stereocenters. The molecule has 0 radical (unpaired) electrons. The molecule has 104 valence electrons. The van der Waals surface area contributed by atoms with Crippen molar-refractivity contribution < 1.29 is 9.59 Å². The fraction of sp³-hybridized carbons (Fsp3) is 0.100. The number of allylic oxidation sites excluding steroid dienone is 4. The lowest BCUT2D eigenvalue weighted by Gasteiger charge is -2.44. The summed E-state index contributed by atoms with van der Waals surface area (Å²) in [7, 11) is 0. The summed E-state index contributed by atoms with van der Waals surface area (Å²) in [6, 6.07) is 16.7. The molecule has 4 aliphatic carbocycles. The lowest BCUT2D eigenvalue weighted by molar-refractivity contribution is -0.131. The largest absolute Gasteiger partial charge is 0.286 e. The van der Waals surface area contributed by atoms with Gasteiger partial charge in [-0.05, 0) is 45.6 Å². The molecule has 2 heteroatoms. The van der Waals surface area contributed by atoms with E-state index in [1.54, 1.807) is 12.2 Å². The molecular weight excluding hydrogens is 272 g/mol. The molecule has 0 amide bonds. The third kappa shape index (κ3) is 1.30. The van der Waals surface area contributed by atoms with E-state index in [-0.39, 0.29) is 11.8 Å². The standard InChI is InChI=1S/C20H12O2/c21-17-9-15-16(10-18(17)22)20-12-6-2-1-5-11(12)19(15)13-7-3-4-8-14(13)20/h1-10,19-20H. The Morgan fingerprint density at radius 3 is 1.18 bits per heavy atom. The Balaban J connectivity index is 1.91. The van der Waals surface area contributed by atoms with E-state index < -0.39 is 11.6 Å². The lowest BCUT2D eigenvalue weighted by atomic mass is 9.58. The number of benzene rings is 2. The second-order valence-corrected chi connectivity index (χ2v) is 6.05. The van der Waals surface area contributed by atoms with Gasteiger partial charge < -0.3 is 0 Å². The monoisotopic (exact) mass is 284 g/mol. The number of hydrogen-bond donors (Lipinski definition) is 0. The molecule has 2 aromatic rings. The number of ketones is 2. The molecule has 0 heterocycles. The molecule has 0 spiro atoms. The van der Waals surface area contributed by atoms with Gasteiger partial charge in [-0.15, -0.1) is 0 Å². The molecule has 0 aliphatic heterocycles. The smallest absolute Gasteiger partial charge is 0.226 e. The summed E-state index contributed by atoms with van der Waals surface area (Å²) < 4.78 is 0. The third-order valence-electron chi connectivity index (χ3n) is 5.01. The minimum Gasteiger partial charge on any atom is -0.286 e. The highest BCUT2D eigenvalue weighted by Gasteiger charge is 2.44. The van der Waals surface area contributed by atoms with Crippen LogP contribution in [0.15, 0.2) is 71.8 Å². The summed E-state index contributed by atoms with van der Waals surface area (Å²) in [5.74, 6) is -0.663. The van der Waals surface area contributed by atoms with Gasteiger partial charge in [-0.1, -0.05) is 48.5 Å². The van der Waals surface area contributed by atoms with Crippen molar-refractivity contribution in [1.82, 2.24) is 0 Å². The van der Waals surface area contributed by atoms with Gasteiger partial charge in [0.25, 0.3) is 0 Å². The highest BCUT2D eigenvalue weighted by Crippen LogP contribution is 2.58. The third-order valence-corrected chi connectivity index (χ3v) is 5.01. The van der Waals surface area contributed by atoms with Gasteiger partial charge in [-0.2, -0.15) is 0 Å². The van der Waals surface area contributed by atoms with Crippen LogP contribution in [-0.2, 0) is 9.59 Å². The van der Waals surface area contributed by atoms with Gasteiger partial charge in [0.15, 0.2) is 0 Å². The van der Waals surface area contributed by atoms with Crippen LogP contribution in [0.5, 0.6) is 0 Å². The Kier molecular flexibility index (Phi) is 2.11. The first-order valence-electron chi connectivity index (χ1n) is 7.45. The first-order chi connectivity index (χ1) is 10.8. The molecule has 6 rings (SSSR count). The molecular formula is C20H12O2. The molecule has 2 bridgehead atoms. The zero-order chi connectivity index (χ0) is 14.8. The summed E-state index contributed by atoms with van der Waals surface area (Å²) in [6.45, 7) is 0. The molecule has 0 aromatic heterocycles. The molecule has 0 N–H and O–H groups in total. The van der Waals surface area contributed by atoms with Gasteiger partial charge in [0, 0.05) is 11.8 Å². The molecule has 4 aliphatic rings. The molecule has 2 aromatic carbocycles. The Hall–Kier alpha value is -2.74.